The SMILES string of the molecule is COC[C@@H](COP(C)(=O)O)CC(=O)Cn1cc(C)c(=O)[nH]c1=O. The van der Waals surface area contributed by atoms with E-state index in [0.29, 0.717) is 5.56 Å². The van der Waals surface area contributed by atoms with Crippen LogP contribution in [0.2, 0.25) is 0 Å². The Morgan fingerprint density at radius 3 is 2.65 bits per heavy atom. The van der Waals surface area contributed by atoms with Crippen LogP contribution in [0.4, 0.5) is 0 Å². The number of Topliss-reactive ketones (excluding diaryl/α,β-unsaturated/α-hetero) is 1. The van der Waals surface area contributed by atoms with Crippen molar-refractivity contribution in [1.29, 1.82) is 0 Å². The van der Waals surface area contributed by atoms with Crippen molar-refractivity contribution in [3.63, 3.8) is 0 Å². The first-order valence-electron chi connectivity index (χ1n) is 6.88. The van der Waals surface area contributed by atoms with Crippen molar-refractivity contribution >= 4 is 13.4 Å². The number of hydrogen-bond acceptors (Lipinski definition) is 6. The largest absolute Gasteiger partial charge is 0.384 e. The summed E-state index contributed by atoms with van der Waals surface area (Å²) in [5, 5.41) is 0. The van der Waals surface area contributed by atoms with Crippen LogP contribution in [0.25, 0.3) is 0 Å². The van der Waals surface area contributed by atoms with Crippen LogP contribution < -0.4 is 11.2 Å². The number of ketones is 1. The molecule has 0 radical (unpaired) electrons. The zero-order chi connectivity index (χ0) is 17.6. The zero-order valence-corrected chi connectivity index (χ0v) is 14.2. The predicted molar refractivity (Wildman–Crippen MR) is 82.8 cm³/mol. The van der Waals surface area contributed by atoms with Gasteiger partial charge in [0.15, 0.2) is 5.78 Å². The van der Waals surface area contributed by atoms with Crippen molar-refractivity contribution in [2.24, 2.45) is 5.92 Å². The maximum atomic E-state index is 12.1. The highest BCUT2D eigenvalue weighted by atomic mass is 31.2. The van der Waals surface area contributed by atoms with Crippen molar-refractivity contribution in [1.82, 2.24) is 9.55 Å². The van der Waals surface area contributed by atoms with Crippen LogP contribution in [0.3, 0.4) is 0 Å². The number of ether oxygens (including phenoxy) is 1. The summed E-state index contributed by atoms with van der Waals surface area (Å²) >= 11 is 0. The Morgan fingerprint density at radius 1 is 1.43 bits per heavy atom. The molecule has 1 aromatic rings. The minimum atomic E-state index is -3.63. The first-order chi connectivity index (χ1) is 10.6. The van der Waals surface area contributed by atoms with Crippen LogP contribution in [0.5, 0.6) is 0 Å². The number of nitrogens with zero attached hydrogens (tertiary/aromatic N) is 1. The third kappa shape index (κ3) is 7.04. The van der Waals surface area contributed by atoms with Gasteiger partial charge in [0.05, 0.1) is 19.8 Å². The lowest BCUT2D eigenvalue weighted by Gasteiger charge is -2.17. The van der Waals surface area contributed by atoms with E-state index in [4.69, 9.17) is 14.2 Å². The Hall–Kier alpha value is -1.54. The zero-order valence-electron chi connectivity index (χ0n) is 13.3. The molecule has 1 unspecified atom stereocenters. The molecule has 10 heteroatoms. The molecule has 9 nitrogen and oxygen atoms in total. The summed E-state index contributed by atoms with van der Waals surface area (Å²) in [4.78, 5) is 46.2. The van der Waals surface area contributed by atoms with Crippen molar-refractivity contribution in [2.75, 3.05) is 27.0 Å². The normalized spacial score (nSPS) is 15.1. The molecule has 1 heterocycles. The molecule has 130 valence electrons. The highest BCUT2D eigenvalue weighted by molar-refractivity contribution is 7.51. The molecule has 0 aromatic carbocycles. The number of carbonyl (C=O) groups excluding carboxylic acids is 1. The average Bonchev–Trinajstić information content (AvgIpc) is 2.41. The van der Waals surface area contributed by atoms with E-state index in [1.807, 2.05) is 0 Å². The molecule has 2 atom stereocenters. The van der Waals surface area contributed by atoms with Gasteiger partial charge in [-0.1, -0.05) is 0 Å². The fourth-order valence-electron chi connectivity index (χ4n) is 1.96. The van der Waals surface area contributed by atoms with Gasteiger partial charge in [-0.3, -0.25) is 23.7 Å². The Balaban J connectivity index is 2.72. The second kappa shape index (κ2) is 8.35. The first kappa shape index (κ1) is 19.5. The predicted octanol–water partition coefficient (Wildman–Crippen LogP) is -0.101. The minimum absolute atomic E-state index is 0.0124. The molecule has 0 spiro atoms. The summed E-state index contributed by atoms with van der Waals surface area (Å²) in [7, 11) is -2.19. The second-order valence-corrected chi connectivity index (χ2v) is 7.23. The number of methoxy groups -OCH3 is 1. The summed E-state index contributed by atoms with van der Waals surface area (Å²) in [6, 6.07) is 0. The van der Waals surface area contributed by atoms with Gasteiger partial charge in [-0.2, -0.15) is 0 Å². The van der Waals surface area contributed by atoms with E-state index in [1.165, 1.54) is 20.2 Å². The molecule has 0 bridgehead atoms. The molecule has 1 aromatic heterocycles. The maximum absolute atomic E-state index is 12.1. The number of carbonyl (C=O) groups is 1. The number of rotatable bonds is 9. The van der Waals surface area contributed by atoms with Crippen LogP contribution >= 0.6 is 7.60 Å². The summed E-state index contributed by atoms with van der Waals surface area (Å²) in [5.74, 6) is -0.694. The lowest BCUT2D eigenvalue weighted by atomic mass is 10.0. The standard InChI is InChI=1S/C13H21N2O7P/c1-9-5-15(13(18)14-12(9)17)6-11(16)4-10(7-21-2)8-22-23(3,19)20/h5,10H,4,6-8H2,1-3H3,(H,19,20)(H,14,17,18)/t10-/m0/s1. The molecule has 0 aliphatic rings. The van der Waals surface area contributed by atoms with E-state index < -0.39 is 24.8 Å². The van der Waals surface area contributed by atoms with Crippen LogP contribution in [0.1, 0.15) is 12.0 Å². The van der Waals surface area contributed by atoms with E-state index >= 15 is 0 Å². The topological polar surface area (TPSA) is 128 Å². The molecule has 1 rings (SSSR count). The summed E-state index contributed by atoms with van der Waals surface area (Å²) < 4.78 is 22.0. The molecule has 0 fully saturated rings. The lowest BCUT2D eigenvalue weighted by molar-refractivity contribution is -0.121. The van der Waals surface area contributed by atoms with Gasteiger partial charge >= 0.3 is 13.3 Å². The number of nitrogens with one attached hydrogen (secondary N) is 1. The molecule has 2 N–H and O–H groups in total. The van der Waals surface area contributed by atoms with Crippen LogP contribution in [0, 0.1) is 12.8 Å². The Morgan fingerprint density at radius 2 is 2.09 bits per heavy atom. The van der Waals surface area contributed by atoms with Gasteiger partial charge in [0, 0.05) is 37.9 Å². The number of aryl methyl sites for hydroxylation is 1. The number of aromatic nitrogens is 2. The molecule has 0 saturated carbocycles. The highest BCUT2D eigenvalue weighted by Crippen LogP contribution is 2.37. The molecule has 0 saturated heterocycles. The number of aromatic amines is 1. The van der Waals surface area contributed by atoms with Gasteiger partial charge in [0.1, 0.15) is 0 Å². The second-order valence-electron chi connectivity index (χ2n) is 5.36. The average molecular weight is 348 g/mol. The van der Waals surface area contributed by atoms with E-state index in [0.717, 1.165) is 11.2 Å². The van der Waals surface area contributed by atoms with E-state index in [9.17, 15) is 18.9 Å². The van der Waals surface area contributed by atoms with Crippen molar-refractivity contribution in [2.45, 2.75) is 19.9 Å². The molecular weight excluding hydrogens is 327 g/mol. The molecule has 0 aliphatic carbocycles. The highest BCUT2D eigenvalue weighted by Gasteiger charge is 2.19. The van der Waals surface area contributed by atoms with Crippen LogP contribution in [-0.4, -0.2) is 47.2 Å². The van der Waals surface area contributed by atoms with Crippen molar-refractivity contribution in [3.8, 4) is 0 Å². The van der Waals surface area contributed by atoms with E-state index in [1.54, 1.807) is 0 Å². The monoisotopic (exact) mass is 348 g/mol. The number of hydrogen-bond donors (Lipinski definition) is 2. The van der Waals surface area contributed by atoms with Gasteiger partial charge in [-0.25, -0.2) is 4.79 Å². The van der Waals surface area contributed by atoms with Gasteiger partial charge < -0.3 is 14.2 Å². The number of H-pyrrole nitrogens is 1. The van der Waals surface area contributed by atoms with Crippen molar-refractivity contribution < 1.29 is 23.5 Å². The van der Waals surface area contributed by atoms with Gasteiger partial charge in [0.2, 0.25) is 0 Å². The molecular formula is C13H21N2O7P. The molecule has 23 heavy (non-hydrogen) atoms. The first-order valence-corrected chi connectivity index (χ1v) is 8.90. The van der Waals surface area contributed by atoms with Gasteiger partial charge in [-0.15, -0.1) is 0 Å². The maximum Gasteiger partial charge on any atom is 0.328 e. The fourth-order valence-corrected chi connectivity index (χ4v) is 2.45. The third-order valence-corrected chi connectivity index (χ3v) is 3.63. The Kier molecular flexibility index (Phi) is 7.08. The summed E-state index contributed by atoms with van der Waals surface area (Å²) in [5.41, 5.74) is -0.839. The van der Waals surface area contributed by atoms with E-state index in [2.05, 4.69) is 4.98 Å². The fraction of sp³-hybridized carbons (Fsp3) is 0.615. The molecule has 0 amide bonds. The third-order valence-electron chi connectivity index (χ3n) is 3.00. The minimum Gasteiger partial charge on any atom is -0.384 e. The quantitative estimate of drug-likeness (QED) is 0.596. The Bertz CT molecular complexity index is 703. The van der Waals surface area contributed by atoms with Gasteiger partial charge in [0.25, 0.3) is 5.56 Å². The van der Waals surface area contributed by atoms with E-state index in [-0.39, 0.29) is 32.0 Å². The smallest absolute Gasteiger partial charge is 0.328 e. The Labute approximate surface area is 132 Å². The van der Waals surface area contributed by atoms with Crippen LogP contribution in [0.15, 0.2) is 15.8 Å². The summed E-state index contributed by atoms with van der Waals surface area (Å²) in [6.45, 7) is 2.44. The lowest BCUT2D eigenvalue weighted by Crippen LogP contribution is -2.33. The molecule has 0 aliphatic heterocycles. The van der Waals surface area contributed by atoms with Gasteiger partial charge in [-0.05, 0) is 6.92 Å². The van der Waals surface area contributed by atoms with Crippen LogP contribution in [-0.2, 0) is 25.2 Å². The summed E-state index contributed by atoms with van der Waals surface area (Å²) in [6.07, 6.45) is 1.33. The van der Waals surface area contributed by atoms with Crippen molar-refractivity contribution in [3.05, 3.63) is 32.6 Å².